The molecule has 0 saturated carbocycles. The van der Waals surface area contributed by atoms with Crippen LogP contribution in [0.1, 0.15) is 24.8 Å². The van der Waals surface area contributed by atoms with E-state index >= 15 is 0 Å². The summed E-state index contributed by atoms with van der Waals surface area (Å²) in [5, 5.41) is 6.43. The number of halogens is 2. The summed E-state index contributed by atoms with van der Waals surface area (Å²) < 4.78 is 21.7. The Balaban J connectivity index is 1.59. The van der Waals surface area contributed by atoms with Gasteiger partial charge in [-0.05, 0) is 47.9 Å². The Labute approximate surface area is 202 Å². The zero-order valence-corrected chi connectivity index (χ0v) is 19.5. The molecule has 1 heterocycles. The molecule has 0 radical (unpaired) electrons. The van der Waals surface area contributed by atoms with Gasteiger partial charge in [-0.25, -0.2) is 9.07 Å². The highest BCUT2D eigenvalue weighted by atomic mass is 35.5. The van der Waals surface area contributed by atoms with E-state index in [0.717, 1.165) is 0 Å². The number of rotatable bonds is 8. The van der Waals surface area contributed by atoms with Crippen molar-refractivity contribution in [2.24, 2.45) is 5.92 Å². The van der Waals surface area contributed by atoms with Gasteiger partial charge >= 0.3 is 6.01 Å². The topological polar surface area (TPSA) is 69.0 Å². The number of hydrogen-bond donors (Lipinski definition) is 1. The van der Waals surface area contributed by atoms with Crippen LogP contribution in [0, 0.1) is 11.7 Å². The number of alkyl halides is 1. The molecule has 3 aromatic carbocycles. The van der Waals surface area contributed by atoms with Gasteiger partial charge in [0, 0.05) is 5.69 Å². The molecule has 6 nitrogen and oxygen atoms in total. The first kappa shape index (κ1) is 23.4. The van der Waals surface area contributed by atoms with E-state index in [2.05, 4.69) is 15.4 Å². The predicted molar refractivity (Wildman–Crippen MR) is 131 cm³/mol. The third kappa shape index (κ3) is 5.43. The second-order valence-electron chi connectivity index (χ2n) is 8.12. The fourth-order valence-electron chi connectivity index (χ4n) is 3.26. The Morgan fingerprint density at radius 1 is 1.03 bits per heavy atom. The van der Waals surface area contributed by atoms with Crippen molar-refractivity contribution < 1.29 is 13.9 Å². The summed E-state index contributed by atoms with van der Waals surface area (Å²) in [6.45, 7) is 4.47. The third-order valence-corrected chi connectivity index (χ3v) is 5.40. The monoisotopic (exact) mass is 478 g/mol. The predicted octanol–water partition coefficient (Wildman–Crippen LogP) is 6.03. The highest BCUT2D eigenvalue weighted by Gasteiger charge is 2.19. The molecule has 34 heavy (non-hydrogen) atoms. The largest absolute Gasteiger partial charge is 0.462 e. The minimum absolute atomic E-state index is 0.164. The Hall–Kier alpha value is -3.71. The molecule has 0 aliphatic heterocycles. The summed E-state index contributed by atoms with van der Waals surface area (Å²) in [7, 11) is 0. The van der Waals surface area contributed by atoms with E-state index in [0.29, 0.717) is 34.9 Å². The van der Waals surface area contributed by atoms with Crippen molar-refractivity contribution in [3.63, 3.8) is 0 Å². The van der Waals surface area contributed by atoms with Crippen LogP contribution < -0.4 is 10.1 Å². The van der Waals surface area contributed by atoms with Gasteiger partial charge in [-0.2, -0.15) is 4.98 Å². The van der Waals surface area contributed by atoms with Crippen LogP contribution in [0.25, 0.3) is 17.1 Å². The first-order chi connectivity index (χ1) is 16.4. The van der Waals surface area contributed by atoms with Gasteiger partial charge < -0.3 is 10.1 Å². The number of amides is 1. The molecule has 4 aromatic rings. The van der Waals surface area contributed by atoms with E-state index in [1.54, 1.807) is 54.6 Å². The molecule has 0 aliphatic carbocycles. The first-order valence-electron chi connectivity index (χ1n) is 10.9. The SMILES string of the molecule is CC(C)COc1nc(-c2ccccc2F)n(-c2ccc(NC(=O)[C@@H](Cl)c3ccccc3)cc2)n1. The fourth-order valence-corrected chi connectivity index (χ4v) is 3.46. The molecule has 1 atom stereocenters. The smallest absolute Gasteiger partial charge is 0.336 e. The van der Waals surface area contributed by atoms with Crippen LogP contribution in [0.3, 0.4) is 0 Å². The molecule has 4 rings (SSSR count). The Bertz CT molecular complexity index is 1260. The molecule has 1 amide bonds. The lowest BCUT2D eigenvalue weighted by atomic mass is 10.1. The molecule has 0 aliphatic rings. The highest BCUT2D eigenvalue weighted by Crippen LogP contribution is 2.27. The molecule has 0 saturated heterocycles. The summed E-state index contributed by atoms with van der Waals surface area (Å²) >= 11 is 6.31. The second kappa shape index (κ2) is 10.5. The van der Waals surface area contributed by atoms with E-state index in [1.165, 1.54) is 10.7 Å². The van der Waals surface area contributed by atoms with Gasteiger partial charge in [0.15, 0.2) is 5.82 Å². The molecule has 0 fully saturated rings. The van der Waals surface area contributed by atoms with Gasteiger partial charge in [-0.1, -0.05) is 56.3 Å². The van der Waals surface area contributed by atoms with Gasteiger partial charge in [0.05, 0.1) is 17.9 Å². The van der Waals surface area contributed by atoms with E-state index in [4.69, 9.17) is 16.3 Å². The molecule has 0 bridgehead atoms. The van der Waals surface area contributed by atoms with Crippen LogP contribution in [0.2, 0.25) is 0 Å². The van der Waals surface area contributed by atoms with Crippen LogP contribution in [0.4, 0.5) is 10.1 Å². The highest BCUT2D eigenvalue weighted by molar-refractivity contribution is 6.32. The standard InChI is InChI=1S/C26H24ClFN4O2/c1-17(2)16-34-26-30-24(21-10-6-7-11-22(21)28)32(31-26)20-14-12-19(13-15-20)29-25(33)23(27)18-8-4-3-5-9-18/h3-15,17,23H,16H2,1-2H3,(H,29,33)/t23-/m0/s1. The number of nitrogens with one attached hydrogen (secondary N) is 1. The van der Waals surface area contributed by atoms with Gasteiger partial charge in [0.25, 0.3) is 0 Å². The van der Waals surface area contributed by atoms with Crippen LogP contribution in [0.15, 0.2) is 78.9 Å². The van der Waals surface area contributed by atoms with Crippen LogP contribution in [0.5, 0.6) is 6.01 Å². The van der Waals surface area contributed by atoms with Crippen molar-refractivity contribution in [2.75, 3.05) is 11.9 Å². The molecule has 0 spiro atoms. The first-order valence-corrected chi connectivity index (χ1v) is 11.3. The molecule has 8 heteroatoms. The van der Waals surface area contributed by atoms with Crippen molar-refractivity contribution in [1.82, 2.24) is 14.8 Å². The summed E-state index contributed by atoms with van der Waals surface area (Å²) in [6, 6.07) is 22.6. The van der Waals surface area contributed by atoms with Gasteiger partial charge in [-0.15, -0.1) is 16.7 Å². The minimum atomic E-state index is -0.815. The van der Waals surface area contributed by atoms with Gasteiger partial charge in [0.2, 0.25) is 5.91 Å². The number of anilines is 1. The summed E-state index contributed by atoms with van der Waals surface area (Å²) in [4.78, 5) is 17.0. The number of nitrogens with zero attached hydrogens (tertiary/aromatic N) is 3. The van der Waals surface area contributed by atoms with E-state index in [-0.39, 0.29) is 17.8 Å². The maximum absolute atomic E-state index is 14.5. The average Bonchev–Trinajstić information content (AvgIpc) is 3.27. The maximum Gasteiger partial charge on any atom is 0.336 e. The Morgan fingerprint density at radius 3 is 2.38 bits per heavy atom. The van der Waals surface area contributed by atoms with Gasteiger partial charge in [0.1, 0.15) is 11.2 Å². The zero-order valence-electron chi connectivity index (χ0n) is 18.8. The summed E-state index contributed by atoms with van der Waals surface area (Å²) in [5.74, 6) is -0.144. The molecular weight excluding hydrogens is 455 g/mol. The number of hydrogen-bond acceptors (Lipinski definition) is 4. The zero-order chi connectivity index (χ0) is 24.1. The fraction of sp³-hybridized carbons (Fsp3) is 0.192. The van der Waals surface area contributed by atoms with E-state index in [9.17, 15) is 9.18 Å². The van der Waals surface area contributed by atoms with Crippen molar-refractivity contribution in [3.8, 4) is 23.1 Å². The number of ether oxygens (including phenoxy) is 1. The maximum atomic E-state index is 14.5. The summed E-state index contributed by atoms with van der Waals surface area (Å²) in [6.07, 6.45) is 0. The van der Waals surface area contributed by atoms with Crippen LogP contribution in [-0.2, 0) is 4.79 Å². The lowest BCUT2D eigenvalue weighted by Gasteiger charge is -2.12. The van der Waals surface area contributed by atoms with Crippen molar-refractivity contribution >= 4 is 23.2 Å². The third-order valence-electron chi connectivity index (χ3n) is 4.95. The number of carbonyl (C=O) groups is 1. The Morgan fingerprint density at radius 2 is 1.71 bits per heavy atom. The van der Waals surface area contributed by atoms with Crippen molar-refractivity contribution in [1.29, 1.82) is 0 Å². The molecule has 174 valence electrons. The second-order valence-corrected chi connectivity index (χ2v) is 8.56. The van der Waals surface area contributed by atoms with Gasteiger partial charge in [-0.3, -0.25) is 4.79 Å². The minimum Gasteiger partial charge on any atom is -0.462 e. The number of aromatic nitrogens is 3. The quantitative estimate of drug-likeness (QED) is 0.314. The lowest BCUT2D eigenvalue weighted by Crippen LogP contribution is -2.17. The average molecular weight is 479 g/mol. The van der Waals surface area contributed by atoms with Crippen LogP contribution >= 0.6 is 11.6 Å². The van der Waals surface area contributed by atoms with Crippen molar-refractivity contribution in [3.05, 3.63) is 90.2 Å². The molecule has 0 unspecified atom stereocenters. The normalized spacial score (nSPS) is 11.9. The number of benzene rings is 3. The van der Waals surface area contributed by atoms with Crippen molar-refractivity contribution in [2.45, 2.75) is 19.2 Å². The van der Waals surface area contributed by atoms with E-state index < -0.39 is 11.2 Å². The lowest BCUT2D eigenvalue weighted by molar-refractivity contribution is -0.116. The molecular formula is C26H24ClFN4O2. The molecule has 1 N–H and O–H groups in total. The van der Waals surface area contributed by atoms with Crippen LogP contribution in [-0.4, -0.2) is 27.3 Å². The summed E-state index contributed by atoms with van der Waals surface area (Å²) in [5.41, 5.74) is 2.22. The van der Waals surface area contributed by atoms with E-state index in [1.807, 2.05) is 32.0 Å². The number of carbonyl (C=O) groups excluding carboxylic acids is 1. The molecule has 1 aromatic heterocycles. The Kier molecular flexibility index (Phi) is 7.23.